The second-order valence-electron chi connectivity index (χ2n) is 5.75. The van der Waals surface area contributed by atoms with Crippen LogP contribution in [0.1, 0.15) is 58.8 Å². The molecule has 1 nitrogen and oxygen atoms in total. The SMILES string of the molecule is CCCCC1=C(C)C(COI)[C@@H]2CCCCC12. The quantitative estimate of drug-likeness (QED) is 0.484. The summed E-state index contributed by atoms with van der Waals surface area (Å²) in [5, 5.41) is 0. The number of unbranched alkanes of at least 4 members (excludes halogenated alkanes) is 1. The van der Waals surface area contributed by atoms with Gasteiger partial charge in [0.25, 0.3) is 0 Å². The topological polar surface area (TPSA) is 9.23 Å². The van der Waals surface area contributed by atoms with Crippen molar-refractivity contribution in [2.45, 2.75) is 58.8 Å². The van der Waals surface area contributed by atoms with Gasteiger partial charge in [-0.2, -0.15) is 0 Å². The van der Waals surface area contributed by atoms with E-state index in [-0.39, 0.29) is 0 Å². The van der Waals surface area contributed by atoms with Crippen molar-refractivity contribution < 1.29 is 3.07 Å². The summed E-state index contributed by atoms with van der Waals surface area (Å²) in [6.07, 6.45) is 9.80. The predicted molar refractivity (Wildman–Crippen MR) is 81.1 cm³/mol. The molecule has 2 aliphatic rings. The van der Waals surface area contributed by atoms with Crippen LogP contribution < -0.4 is 0 Å². The Bertz CT molecular complexity index is 285. The summed E-state index contributed by atoms with van der Waals surface area (Å²) in [5.74, 6) is 2.54. The van der Waals surface area contributed by atoms with Crippen LogP contribution in [-0.4, -0.2) is 6.61 Å². The number of hydrogen-bond acceptors (Lipinski definition) is 1. The van der Waals surface area contributed by atoms with Gasteiger partial charge in [-0.05, 0) is 44.4 Å². The lowest BCUT2D eigenvalue weighted by molar-refractivity contribution is 0.196. The van der Waals surface area contributed by atoms with E-state index < -0.39 is 0 Å². The second kappa shape index (κ2) is 6.55. The standard InChI is InChI=1S/C15H25IO/c1-3-4-7-12-11(2)15(10-17-16)14-9-6-5-8-13(12)14/h13-15H,3-10H2,1-2H3/t13?,14-,15?/m1/s1. The molecule has 2 heteroatoms. The molecule has 0 amide bonds. The third kappa shape index (κ3) is 2.89. The fourth-order valence-electron chi connectivity index (χ4n) is 3.99. The molecule has 2 rings (SSSR count). The van der Waals surface area contributed by atoms with E-state index in [1.165, 1.54) is 44.9 Å². The molecule has 98 valence electrons. The summed E-state index contributed by atoms with van der Waals surface area (Å²) in [6, 6.07) is 0. The van der Waals surface area contributed by atoms with Crippen LogP contribution in [-0.2, 0) is 3.07 Å². The van der Waals surface area contributed by atoms with Crippen LogP contribution >= 0.6 is 23.0 Å². The van der Waals surface area contributed by atoms with Gasteiger partial charge in [0.05, 0.1) is 6.61 Å². The second-order valence-corrected chi connectivity index (χ2v) is 6.37. The lowest BCUT2D eigenvalue weighted by Crippen LogP contribution is -2.24. The summed E-state index contributed by atoms with van der Waals surface area (Å²) < 4.78 is 5.43. The first-order chi connectivity index (χ1) is 8.29. The lowest BCUT2D eigenvalue weighted by atomic mass is 9.75. The van der Waals surface area contributed by atoms with Gasteiger partial charge in [0.15, 0.2) is 0 Å². The zero-order valence-corrected chi connectivity index (χ0v) is 13.3. The van der Waals surface area contributed by atoms with E-state index in [1.54, 1.807) is 5.57 Å². The van der Waals surface area contributed by atoms with Gasteiger partial charge in [0.1, 0.15) is 23.0 Å². The molecule has 2 unspecified atom stereocenters. The van der Waals surface area contributed by atoms with Crippen LogP contribution in [0.25, 0.3) is 0 Å². The molecular formula is C15H25IO. The molecule has 0 bridgehead atoms. The van der Waals surface area contributed by atoms with Crippen LogP contribution in [0.3, 0.4) is 0 Å². The maximum absolute atomic E-state index is 5.43. The molecule has 0 saturated heterocycles. The smallest absolute Gasteiger partial charge is 0.109 e. The molecular weight excluding hydrogens is 323 g/mol. The molecule has 0 spiro atoms. The van der Waals surface area contributed by atoms with Gasteiger partial charge in [-0.15, -0.1) is 0 Å². The Labute approximate surface area is 120 Å². The normalized spacial score (nSPS) is 33.0. The summed E-state index contributed by atoms with van der Waals surface area (Å²) in [6.45, 7) is 5.61. The van der Waals surface area contributed by atoms with E-state index in [1.807, 2.05) is 5.57 Å². The Balaban J connectivity index is 2.13. The van der Waals surface area contributed by atoms with Crippen molar-refractivity contribution >= 4 is 23.0 Å². The van der Waals surface area contributed by atoms with Crippen molar-refractivity contribution in [3.05, 3.63) is 11.1 Å². The largest absolute Gasteiger partial charge is 0.315 e. The number of allylic oxidation sites excluding steroid dienone is 1. The first kappa shape index (κ1) is 13.9. The molecule has 0 aliphatic heterocycles. The molecule has 0 aromatic carbocycles. The monoisotopic (exact) mass is 348 g/mol. The van der Waals surface area contributed by atoms with E-state index >= 15 is 0 Å². The highest BCUT2D eigenvalue weighted by Crippen LogP contribution is 2.50. The van der Waals surface area contributed by atoms with Gasteiger partial charge in [-0.25, -0.2) is 0 Å². The van der Waals surface area contributed by atoms with Crippen LogP contribution in [0.5, 0.6) is 0 Å². The Morgan fingerprint density at radius 1 is 1.29 bits per heavy atom. The highest BCUT2D eigenvalue weighted by molar-refractivity contribution is 14.1. The van der Waals surface area contributed by atoms with Crippen molar-refractivity contribution in [2.75, 3.05) is 6.61 Å². The molecule has 3 atom stereocenters. The average molecular weight is 348 g/mol. The molecule has 0 N–H and O–H groups in total. The Hall–Kier alpha value is 0.430. The molecule has 1 fully saturated rings. The first-order valence-corrected chi connectivity index (χ1v) is 8.10. The zero-order valence-electron chi connectivity index (χ0n) is 11.2. The van der Waals surface area contributed by atoms with Gasteiger partial charge < -0.3 is 3.07 Å². The predicted octanol–water partition coefficient (Wildman–Crippen LogP) is 5.30. The van der Waals surface area contributed by atoms with Gasteiger partial charge in [-0.1, -0.05) is 37.3 Å². The van der Waals surface area contributed by atoms with Crippen molar-refractivity contribution in [3.63, 3.8) is 0 Å². The Morgan fingerprint density at radius 2 is 2.06 bits per heavy atom. The summed E-state index contributed by atoms with van der Waals surface area (Å²) in [4.78, 5) is 0. The zero-order chi connectivity index (χ0) is 12.3. The molecule has 17 heavy (non-hydrogen) atoms. The fraction of sp³-hybridized carbons (Fsp3) is 0.867. The molecule has 0 heterocycles. The number of halogens is 1. The Morgan fingerprint density at radius 3 is 2.76 bits per heavy atom. The number of hydrogen-bond donors (Lipinski definition) is 0. The van der Waals surface area contributed by atoms with Crippen LogP contribution in [0.2, 0.25) is 0 Å². The van der Waals surface area contributed by atoms with E-state index in [0.717, 1.165) is 24.4 Å². The van der Waals surface area contributed by atoms with Crippen molar-refractivity contribution in [1.82, 2.24) is 0 Å². The van der Waals surface area contributed by atoms with Crippen LogP contribution in [0.4, 0.5) is 0 Å². The Kier molecular flexibility index (Phi) is 5.34. The number of fused-ring (bicyclic) bond motifs is 1. The molecule has 0 aromatic heterocycles. The lowest BCUT2D eigenvalue weighted by Gasteiger charge is -2.31. The minimum absolute atomic E-state index is 0.726. The molecule has 2 aliphatic carbocycles. The van der Waals surface area contributed by atoms with Crippen molar-refractivity contribution in [3.8, 4) is 0 Å². The minimum Gasteiger partial charge on any atom is -0.315 e. The number of rotatable bonds is 5. The molecule has 1 saturated carbocycles. The summed E-state index contributed by atoms with van der Waals surface area (Å²) >= 11 is 2.06. The minimum atomic E-state index is 0.726. The maximum atomic E-state index is 5.43. The van der Waals surface area contributed by atoms with Crippen LogP contribution in [0, 0.1) is 17.8 Å². The third-order valence-electron chi connectivity index (χ3n) is 4.89. The molecule has 0 radical (unpaired) electrons. The fourth-order valence-corrected chi connectivity index (χ4v) is 4.38. The van der Waals surface area contributed by atoms with Gasteiger partial charge >= 0.3 is 0 Å². The highest BCUT2D eigenvalue weighted by atomic mass is 127. The van der Waals surface area contributed by atoms with Gasteiger partial charge in [0, 0.05) is 5.92 Å². The summed E-state index contributed by atoms with van der Waals surface area (Å²) in [5.41, 5.74) is 3.50. The first-order valence-electron chi connectivity index (χ1n) is 7.22. The molecule has 0 aromatic rings. The van der Waals surface area contributed by atoms with Gasteiger partial charge in [0.2, 0.25) is 0 Å². The third-order valence-corrected chi connectivity index (χ3v) is 5.25. The van der Waals surface area contributed by atoms with E-state index in [0.29, 0.717) is 0 Å². The van der Waals surface area contributed by atoms with E-state index in [2.05, 4.69) is 36.9 Å². The van der Waals surface area contributed by atoms with Crippen molar-refractivity contribution in [2.24, 2.45) is 17.8 Å². The highest BCUT2D eigenvalue weighted by Gasteiger charge is 2.41. The summed E-state index contributed by atoms with van der Waals surface area (Å²) in [7, 11) is 0. The van der Waals surface area contributed by atoms with E-state index in [4.69, 9.17) is 3.07 Å². The van der Waals surface area contributed by atoms with Gasteiger partial charge in [-0.3, -0.25) is 0 Å². The van der Waals surface area contributed by atoms with Crippen LogP contribution in [0.15, 0.2) is 11.1 Å². The average Bonchev–Trinajstić information content (AvgIpc) is 2.61. The van der Waals surface area contributed by atoms with Crippen molar-refractivity contribution in [1.29, 1.82) is 0 Å². The van der Waals surface area contributed by atoms with E-state index in [9.17, 15) is 0 Å². The maximum Gasteiger partial charge on any atom is 0.109 e.